The molecule has 4 nitrogen and oxygen atoms in total. The normalized spacial score (nSPS) is 10.4. The molecule has 0 aliphatic heterocycles. The Morgan fingerprint density at radius 3 is 2.48 bits per heavy atom. The van der Waals surface area contributed by atoms with Crippen LogP contribution < -0.4 is 4.74 Å². The summed E-state index contributed by atoms with van der Waals surface area (Å²) >= 11 is 12.2. The van der Waals surface area contributed by atoms with Crippen LogP contribution in [0.5, 0.6) is 11.5 Å². The maximum atomic E-state index is 12.4. The van der Waals surface area contributed by atoms with E-state index < -0.39 is 0 Å². The number of rotatable bonds is 5. The fourth-order valence-corrected chi connectivity index (χ4v) is 2.70. The van der Waals surface area contributed by atoms with Crippen molar-refractivity contribution in [3.8, 4) is 11.5 Å². The molecule has 23 heavy (non-hydrogen) atoms. The van der Waals surface area contributed by atoms with E-state index in [1.54, 1.807) is 42.3 Å². The molecule has 1 N–H and O–H groups in total. The van der Waals surface area contributed by atoms with Gasteiger partial charge in [-0.2, -0.15) is 0 Å². The second-order valence-corrected chi connectivity index (χ2v) is 5.95. The van der Waals surface area contributed by atoms with E-state index in [2.05, 4.69) is 0 Å². The zero-order valence-corrected chi connectivity index (χ0v) is 14.4. The minimum Gasteiger partial charge on any atom is -0.504 e. The zero-order valence-electron chi connectivity index (χ0n) is 12.8. The van der Waals surface area contributed by atoms with Crippen molar-refractivity contribution < 1.29 is 14.6 Å². The van der Waals surface area contributed by atoms with Crippen molar-refractivity contribution >= 4 is 29.1 Å². The van der Waals surface area contributed by atoms with Gasteiger partial charge in [-0.25, -0.2) is 0 Å². The maximum absolute atomic E-state index is 12.4. The molecule has 2 aromatic rings. The molecule has 0 spiro atoms. The molecular weight excluding hydrogens is 337 g/mol. The molecule has 0 bridgehead atoms. The summed E-state index contributed by atoms with van der Waals surface area (Å²) in [7, 11) is 3.18. The Bertz CT molecular complexity index is 699. The van der Waals surface area contributed by atoms with E-state index in [1.165, 1.54) is 13.2 Å². The molecule has 1 amide bonds. The van der Waals surface area contributed by atoms with Crippen molar-refractivity contribution in [1.29, 1.82) is 0 Å². The smallest absolute Gasteiger partial charge is 0.227 e. The number of nitrogens with zero attached hydrogens (tertiary/aromatic N) is 1. The van der Waals surface area contributed by atoms with E-state index in [4.69, 9.17) is 27.9 Å². The van der Waals surface area contributed by atoms with Gasteiger partial charge in [0.1, 0.15) is 0 Å². The molecule has 0 saturated heterocycles. The topological polar surface area (TPSA) is 49.8 Å². The summed E-state index contributed by atoms with van der Waals surface area (Å²) in [5, 5.41) is 10.6. The fourth-order valence-electron chi connectivity index (χ4n) is 2.17. The predicted octanol–water partition coefficient (Wildman–Crippen LogP) is 3.91. The van der Waals surface area contributed by atoms with Crippen molar-refractivity contribution in [2.45, 2.75) is 13.0 Å². The zero-order chi connectivity index (χ0) is 17.0. The van der Waals surface area contributed by atoms with Gasteiger partial charge < -0.3 is 14.7 Å². The number of likely N-dealkylation sites (N-methyl/N-ethyl adjacent to an activating group) is 1. The average molecular weight is 354 g/mol. The van der Waals surface area contributed by atoms with Gasteiger partial charge >= 0.3 is 0 Å². The lowest BCUT2D eigenvalue weighted by atomic mass is 10.1. The van der Waals surface area contributed by atoms with Gasteiger partial charge in [0.25, 0.3) is 0 Å². The molecule has 0 saturated carbocycles. The standard InChI is InChI=1S/C17H17Cl2NO3/c1-20(10-11-6-7-15(21)16(8-11)23-2)17(22)9-12-13(18)4-3-5-14(12)19/h3-8,21H,9-10H2,1-2H3. The average Bonchev–Trinajstić information content (AvgIpc) is 2.52. The largest absolute Gasteiger partial charge is 0.504 e. The number of phenols is 1. The fraction of sp³-hybridized carbons (Fsp3) is 0.235. The first kappa shape index (κ1) is 17.4. The quantitative estimate of drug-likeness (QED) is 0.886. The summed E-state index contributed by atoms with van der Waals surface area (Å²) in [5.41, 5.74) is 1.47. The van der Waals surface area contributed by atoms with Crippen LogP contribution in [0.3, 0.4) is 0 Å². The van der Waals surface area contributed by atoms with Crippen LogP contribution in [0.25, 0.3) is 0 Å². The van der Waals surface area contributed by atoms with Gasteiger partial charge in [-0.1, -0.05) is 35.3 Å². The number of hydrogen-bond donors (Lipinski definition) is 1. The van der Waals surface area contributed by atoms with Crippen LogP contribution in [0.4, 0.5) is 0 Å². The van der Waals surface area contributed by atoms with Crippen LogP contribution >= 0.6 is 23.2 Å². The van der Waals surface area contributed by atoms with Crippen LogP contribution in [0.1, 0.15) is 11.1 Å². The highest BCUT2D eigenvalue weighted by molar-refractivity contribution is 6.36. The van der Waals surface area contributed by atoms with E-state index in [9.17, 15) is 9.90 Å². The minimum absolute atomic E-state index is 0.0630. The minimum atomic E-state index is -0.105. The van der Waals surface area contributed by atoms with Gasteiger partial charge in [0.2, 0.25) is 5.91 Å². The van der Waals surface area contributed by atoms with Crippen LogP contribution in [0, 0.1) is 0 Å². The predicted molar refractivity (Wildman–Crippen MR) is 91.3 cm³/mol. The Morgan fingerprint density at radius 2 is 1.87 bits per heavy atom. The summed E-state index contributed by atoms with van der Waals surface area (Å²) < 4.78 is 5.07. The molecule has 0 aliphatic carbocycles. The van der Waals surface area contributed by atoms with Gasteiger partial charge in [-0.3, -0.25) is 4.79 Å². The van der Waals surface area contributed by atoms with E-state index in [0.717, 1.165) is 5.56 Å². The number of hydrogen-bond acceptors (Lipinski definition) is 3. The molecular formula is C17H17Cl2NO3. The summed E-state index contributed by atoms with van der Waals surface area (Å²) in [6, 6.07) is 10.1. The third kappa shape index (κ3) is 4.30. The van der Waals surface area contributed by atoms with Crippen molar-refractivity contribution in [1.82, 2.24) is 4.90 Å². The van der Waals surface area contributed by atoms with Crippen LogP contribution in [0.15, 0.2) is 36.4 Å². The van der Waals surface area contributed by atoms with Crippen LogP contribution in [0.2, 0.25) is 10.0 Å². The first-order valence-electron chi connectivity index (χ1n) is 6.95. The number of methoxy groups -OCH3 is 1. The van der Waals surface area contributed by atoms with Crippen molar-refractivity contribution in [3.05, 3.63) is 57.6 Å². The number of aromatic hydroxyl groups is 1. The second-order valence-electron chi connectivity index (χ2n) is 5.13. The number of halogens is 2. The number of carbonyl (C=O) groups excluding carboxylic acids is 1. The van der Waals surface area contributed by atoms with E-state index >= 15 is 0 Å². The third-order valence-electron chi connectivity index (χ3n) is 3.48. The van der Waals surface area contributed by atoms with Crippen molar-refractivity contribution in [2.24, 2.45) is 0 Å². The lowest BCUT2D eigenvalue weighted by Crippen LogP contribution is -2.27. The molecule has 0 atom stereocenters. The molecule has 0 aliphatic rings. The van der Waals surface area contributed by atoms with Crippen LogP contribution in [-0.4, -0.2) is 30.1 Å². The molecule has 0 aromatic heterocycles. The monoisotopic (exact) mass is 353 g/mol. The summed E-state index contributed by atoms with van der Waals surface area (Å²) in [4.78, 5) is 13.9. The van der Waals surface area contributed by atoms with Gasteiger partial charge in [0, 0.05) is 23.6 Å². The van der Waals surface area contributed by atoms with Gasteiger partial charge in [-0.15, -0.1) is 0 Å². The molecule has 122 valence electrons. The summed E-state index contributed by atoms with van der Waals surface area (Å²) in [6.07, 6.45) is 0.129. The molecule has 2 aromatic carbocycles. The van der Waals surface area contributed by atoms with E-state index in [-0.39, 0.29) is 18.1 Å². The Balaban J connectivity index is 2.08. The molecule has 0 unspecified atom stereocenters. The lowest BCUT2D eigenvalue weighted by molar-refractivity contribution is -0.129. The Morgan fingerprint density at radius 1 is 1.22 bits per heavy atom. The number of ether oxygens (including phenoxy) is 1. The second kappa shape index (κ2) is 7.57. The molecule has 6 heteroatoms. The number of phenolic OH excluding ortho intramolecular Hbond substituents is 1. The molecule has 0 fully saturated rings. The Hall–Kier alpha value is -1.91. The molecule has 2 rings (SSSR count). The highest BCUT2D eigenvalue weighted by Crippen LogP contribution is 2.27. The Labute approximate surface area is 145 Å². The van der Waals surface area contributed by atoms with Crippen molar-refractivity contribution in [3.63, 3.8) is 0 Å². The highest BCUT2D eigenvalue weighted by Gasteiger charge is 2.15. The van der Waals surface area contributed by atoms with Gasteiger partial charge in [-0.05, 0) is 35.4 Å². The summed E-state index contributed by atoms with van der Waals surface area (Å²) in [5.74, 6) is 0.331. The first-order valence-corrected chi connectivity index (χ1v) is 7.70. The van der Waals surface area contributed by atoms with Gasteiger partial charge in [0.05, 0.1) is 13.5 Å². The Kier molecular flexibility index (Phi) is 5.74. The maximum Gasteiger partial charge on any atom is 0.227 e. The number of carbonyl (C=O) groups is 1. The first-order chi connectivity index (χ1) is 10.9. The van der Waals surface area contributed by atoms with Crippen molar-refractivity contribution in [2.75, 3.05) is 14.2 Å². The van der Waals surface area contributed by atoms with E-state index in [0.29, 0.717) is 27.9 Å². The molecule has 0 heterocycles. The van der Waals surface area contributed by atoms with E-state index in [1.807, 2.05) is 0 Å². The third-order valence-corrected chi connectivity index (χ3v) is 4.19. The van der Waals surface area contributed by atoms with Crippen LogP contribution in [-0.2, 0) is 17.8 Å². The summed E-state index contributed by atoms with van der Waals surface area (Å²) in [6.45, 7) is 0.386. The SMILES string of the molecule is COc1cc(CN(C)C(=O)Cc2c(Cl)cccc2Cl)ccc1O. The number of amides is 1. The highest BCUT2D eigenvalue weighted by atomic mass is 35.5. The number of benzene rings is 2. The lowest BCUT2D eigenvalue weighted by Gasteiger charge is -2.18. The van der Waals surface area contributed by atoms with Gasteiger partial charge in [0.15, 0.2) is 11.5 Å². The molecule has 0 radical (unpaired) electrons.